The molecule has 0 saturated heterocycles. The van der Waals surface area contributed by atoms with Gasteiger partial charge in [-0.05, 0) is 47.6 Å². The van der Waals surface area contributed by atoms with E-state index in [9.17, 15) is 0 Å². The van der Waals surface area contributed by atoms with Gasteiger partial charge in [0, 0.05) is 12.6 Å². The van der Waals surface area contributed by atoms with Gasteiger partial charge in [-0.1, -0.05) is 6.92 Å². The van der Waals surface area contributed by atoms with Crippen molar-refractivity contribution in [2.75, 3.05) is 19.7 Å². The van der Waals surface area contributed by atoms with Gasteiger partial charge < -0.3 is 4.74 Å². The highest BCUT2D eigenvalue weighted by molar-refractivity contribution is 4.64. The molecule has 0 bridgehead atoms. The van der Waals surface area contributed by atoms with Crippen LogP contribution in [0, 0.1) is 0 Å². The van der Waals surface area contributed by atoms with Crippen LogP contribution in [0.3, 0.4) is 0 Å². The molecular formula is C12H27NO. The average molecular weight is 201 g/mol. The molecule has 14 heavy (non-hydrogen) atoms. The molecule has 0 atom stereocenters. The molecule has 0 aromatic carbocycles. The van der Waals surface area contributed by atoms with Crippen LogP contribution < -0.4 is 0 Å². The summed E-state index contributed by atoms with van der Waals surface area (Å²) in [6.07, 6.45) is 1.22. The second-order valence-corrected chi connectivity index (χ2v) is 5.09. The van der Waals surface area contributed by atoms with Gasteiger partial charge in [-0.2, -0.15) is 0 Å². The van der Waals surface area contributed by atoms with E-state index in [1.165, 1.54) is 13.0 Å². The maximum absolute atomic E-state index is 5.71. The number of hydrogen-bond acceptors (Lipinski definition) is 2. The molecule has 0 radical (unpaired) electrons. The summed E-state index contributed by atoms with van der Waals surface area (Å²) in [5.41, 5.74) is -0.00510. The molecule has 0 spiro atoms. The Hall–Kier alpha value is -0.0800. The number of rotatable bonds is 6. The molecule has 0 aromatic heterocycles. The van der Waals surface area contributed by atoms with Crippen molar-refractivity contribution in [2.24, 2.45) is 0 Å². The molecule has 0 aliphatic heterocycles. The van der Waals surface area contributed by atoms with Gasteiger partial charge >= 0.3 is 0 Å². The van der Waals surface area contributed by atoms with E-state index in [0.717, 1.165) is 13.2 Å². The second kappa shape index (κ2) is 6.41. The van der Waals surface area contributed by atoms with Crippen LogP contribution in [0.25, 0.3) is 0 Å². The normalized spacial score (nSPS) is 12.9. The topological polar surface area (TPSA) is 12.5 Å². The van der Waals surface area contributed by atoms with Crippen LogP contribution in [0.15, 0.2) is 0 Å². The monoisotopic (exact) mass is 201 g/mol. The fourth-order valence-electron chi connectivity index (χ4n) is 1.38. The van der Waals surface area contributed by atoms with Gasteiger partial charge in [-0.15, -0.1) is 0 Å². The van der Waals surface area contributed by atoms with Crippen molar-refractivity contribution in [3.8, 4) is 0 Å². The lowest BCUT2D eigenvalue weighted by Crippen LogP contribution is -2.36. The number of ether oxygens (including phenoxy) is 1. The van der Waals surface area contributed by atoms with E-state index in [4.69, 9.17) is 4.74 Å². The fourth-order valence-corrected chi connectivity index (χ4v) is 1.38. The lowest BCUT2D eigenvalue weighted by atomic mass is 10.2. The van der Waals surface area contributed by atoms with Crippen LogP contribution in [0.2, 0.25) is 0 Å². The van der Waals surface area contributed by atoms with Gasteiger partial charge in [0.15, 0.2) is 0 Å². The molecule has 0 unspecified atom stereocenters. The Labute approximate surface area is 89.6 Å². The van der Waals surface area contributed by atoms with E-state index in [1.807, 2.05) is 0 Å². The Kier molecular flexibility index (Phi) is 6.38. The summed E-state index contributed by atoms with van der Waals surface area (Å²) in [7, 11) is 0. The molecule has 0 fully saturated rings. The van der Waals surface area contributed by atoms with Crippen LogP contribution in [0.1, 0.15) is 48.0 Å². The second-order valence-electron chi connectivity index (χ2n) is 5.09. The fraction of sp³-hybridized carbons (Fsp3) is 1.00. The van der Waals surface area contributed by atoms with Gasteiger partial charge in [-0.3, -0.25) is 4.90 Å². The highest BCUT2D eigenvalue weighted by Gasteiger charge is 2.12. The largest absolute Gasteiger partial charge is 0.375 e. The first-order chi connectivity index (χ1) is 6.37. The zero-order valence-corrected chi connectivity index (χ0v) is 10.8. The van der Waals surface area contributed by atoms with Crippen LogP contribution in [0.4, 0.5) is 0 Å². The van der Waals surface area contributed by atoms with Gasteiger partial charge in [0.2, 0.25) is 0 Å². The average Bonchev–Trinajstić information content (AvgIpc) is 2.00. The molecule has 2 nitrogen and oxygen atoms in total. The molecular weight excluding hydrogens is 174 g/mol. The predicted octanol–water partition coefficient (Wildman–Crippen LogP) is 2.92. The maximum atomic E-state index is 5.71. The lowest BCUT2D eigenvalue weighted by Gasteiger charge is -2.28. The third-order valence-corrected chi connectivity index (χ3v) is 2.15. The number of nitrogens with zero attached hydrogens (tertiary/aromatic N) is 1. The van der Waals surface area contributed by atoms with Crippen molar-refractivity contribution in [3.05, 3.63) is 0 Å². The molecule has 0 saturated carbocycles. The molecule has 2 heteroatoms. The Morgan fingerprint density at radius 3 is 2.07 bits per heavy atom. The highest BCUT2D eigenvalue weighted by Crippen LogP contribution is 2.07. The van der Waals surface area contributed by atoms with E-state index in [0.29, 0.717) is 6.04 Å². The Morgan fingerprint density at radius 1 is 1.14 bits per heavy atom. The van der Waals surface area contributed by atoms with Crippen LogP contribution in [0.5, 0.6) is 0 Å². The predicted molar refractivity (Wildman–Crippen MR) is 62.7 cm³/mol. The quantitative estimate of drug-likeness (QED) is 0.655. The zero-order chi connectivity index (χ0) is 11.2. The Bertz CT molecular complexity index is 138. The van der Waals surface area contributed by atoms with Crippen molar-refractivity contribution >= 4 is 0 Å². The smallest absolute Gasteiger partial charge is 0.0600 e. The lowest BCUT2D eigenvalue weighted by molar-refractivity contribution is -0.0161. The standard InChI is InChI=1S/C12H27NO/c1-7-8-13(11(2)3)9-10-14-12(4,5)6/h11H,7-10H2,1-6H3. The van der Waals surface area contributed by atoms with Crippen molar-refractivity contribution in [1.29, 1.82) is 0 Å². The third-order valence-electron chi connectivity index (χ3n) is 2.15. The minimum absolute atomic E-state index is 0.00510. The molecule has 0 aliphatic carbocycles. The first-order valence-electron chi connectivity index (χ1n) is 5.75. The van der Waals surface area contributed by atoms with E-state index < -0.39 is 0 Å². The summed E-state index contributed by atoms with van der Waals surface area (Å²) in [5, 5.41) is 0. The van der Waals surface area contributed by atoms with E-state index >= 15 is 0 Å². The minimum atomic E-state index is -0.00510. The molecule has 0 aliphatic rings. The van der Waals surface area contributed by atoms with E-state index in [-0.39, 0.29) is 5.60 Å². The van der Waals surface area contributed by atoms with Crippen molar-refractivity contribution in [2.45, 2.75) is 59.6 Å². The maximum Gasteiger partial charge on any atom is 0.0600 e. The summed E-state index contributed by atoms with van der Waals surface area (Å²) < 4.78 is 5.71. The van der Waals surface area contributed by atoms with Crippen molar-refractivity contribution < 1.29 is 4.74 Å². The van der Waals surface area contributed by atoms with Gasteiger partial charge in [0.05, 0.1) is 12.2 Å². The van der Waals surface area contributed by atoms with Gasteiger partial charge in [0.1, 0.15) is 0 Å². The van der Waals surface area contributed by atoms with E-state index in [2.05, 4.69) is 46.4 Å². The SMILES string of the molecule is CCCN(CCOC(C)(C)C)C(C)C. The molecule has 0 aromatic rings. The first kappa shape index (κ1) is 13.9. The minimum Gasteiger partial charge on any atom is -0.375 e. The van der Waals surface area contributed by atoms with Gasteiger partial charge in [-0.25, -0.2) is 0 Å². The Morgan fingerprint density at radius 2 is 1.71 bits per heavy atom. The molecule has 86 valence electrons. The first-order valence-corrected chi connectivity index (χ1v) is 5.75. The zero-order valence-electron chi connectivity index (χ0n) is 10.8. The highest BCUT2D eigenvalue weighted by atomic mass is 16.5. The summed E-state index contributed by atoms with van der Waals surface area (Å²) in [6.45, 7) is 16.1. The van der Waals surface area contributed by atoms with E-state index in [1.54, 1.807) is 0 Å². The van der Waals surface area contributed by atoms with Crippen LogP contribution in [-0.2, 0) is 4.74 Å². The van der Waals surface area contributed by atoms with Crippen molar-refractivity contribution in [3.63, 3.8) is 0 Å². The van der Waals surface area contributed by atoms with Crippen molar-refractivity contribution in [1.82, 2.24) is 4.90 Å². The van der Waals surface area contributed by atoms with Gasteiger partial charge in [0.25, 0.3) is 0 Å². The number of hydrogen-bond donors (Lipinski definition) is 0. The summed E-state index contributed by atoms with van der Waals surface area (Å²) in [6, 6.07) is 0.624. The third kappa shape index (κ3) is 7.34. The summed E-state index contributed by atoms with van der Waals surface area (Å²) >= 11 is 0. The molecule has 0 amide bonds. The molecule has 0 rings (SSSR count). The Balaban J connectivity index is 3.72. The summed E-state index contributed by atoms with van der Waals surface area (Å²) in [4.78, 5) is 2.46. The summed E-state index contributed by atoms with van der Waals surface area (Å²) in [5.74, 6) is 0. The van der Waals surface area contributed by atoms with Crippen LogP contribution in [-0.4, -0.2) is 36.2 Å². The molecule has 0 N–H and O–H groups in total. The molecule has 0 heterocycles. The van der Waals surface area contributed by atoms with Crippen LogP contribution >= 0.6 is 0 Å².